The Morgan fingerprint density at radius 1 is 1.09 bits per heavy atom. The molecule has 0 spiro atoms. The second-order valence-electron chi connectivity index (χ2n) is 8.65. The highest BCUT2D eigenvalue weighted by molar-refractivity contribution is 6.01. The summed E-state index contributed by atoms with van der Waals surface area (Å²) in [7, 11) is 0. The minimum absolute atomic E-state index is 0.0969. The van der Waals surface area contributed by atoms with Gasteiger partial charge in [0.05, 0.1) is 16.8 Å². The Morgan fingerprint density at radius 2 is 1.81 bits per heavy atom. The smallest absolute Gasteiger partial charge is 0.255 e. The van der Waals surface area contributed by atoms with Crippen LogP contribution in [0.5, 0.6) is 5.75 Å². The molecule has 0 radical (unpaired) electrons. The summed E-state index contributed by atoms with van der Waals surface area (Å²) in [5.74, 6) is 1.22. The maximum atomic E-state index is 13.1. The molecule has 170 valence electrons. The van der Waals surface area contributed by atoms with Crippen LogP contribution in [0.4, 0.5) is 0 Å². The molecule has 1 amide bonds. The van der Waals surface area contributed by atoms with Crippen LogP contribution in [0, 0.1) is 13.8 Å². The Kier molecular flexibility index (Phi) is 7.43. The third-order valence-electron chi connectivity index (χ3n) is 6.28. The van der Waals surface area contributed by atoms with Crippen LogP contribution < -0.4 is 10.1 Å². The van der Waals surface area contributed by atoms with E-state index < -0.39 is 0 Å². The lowest BCUT2D eigenvalue weighted by Gasteiger charge is -2.19. The van der Waals surface area contributed by atoms with Gasteiger partial charge < -0.3 is 19.5 Å². The molecule has 32 heavy (non-hydrogen) atoms. The van der Waals surface area contributed by atoms with E-state index in [9.17, 15) is 4.79 Å². The van der Waals surface area contributed by atoms with E-state index in [1.807, 2.05) is 50.2 Å². The van der Waals surface area contributed by atoms with Gasteiger partial charge in [0.1, 0.15) is 18.1 Å². The van der Waals surface area contributed by atoms with Gasteiger partial charge in [-0.2, -0.15) is 0 Å². The van der Waals surface area contributed by atoms with Crippen molar-refractivity contribution < 1.29 is 14.1 Å². The first-order valence-corrected chi connectivity index (χ1v) is 11.7. The Morgan fingerprint density at radius 3 is 2.50 bits per heavy atom. The summed E-state index contributed by atoms with van der Waals surface area (Å²) in [6, 6.07) is 11.9. The number of rotatable bonds is 8. The summed E-state index contributed by atoms with van der Waals surface area (Å²) < 4.78 is 11.4. The number of amides is 1. The average Bonchev–Trinajstić information content (AvgIpc) is 2.97. The number of nitrogens with one attached hydrogen (secondary N) is 1. The van der Waals surface area contributed by atoms with Crippen LogP contribution >= 0.6 is 0 Å². The fourth-order valence-corrected chi connectivity index (χ4v) is 4.33. The van der Waals surface area contributed by atoms with Gasteiger partial charge in [0, 0.05) is 6.54 Å². The largest absolute Gasteiger partial charge is 0.488 e. The molecule has 1 saturated heterocycles. The highest BCUT2D eigenvalue weighted by atomic mass is 16.5. The molecule has 3 aromatic rings. The summed E-state index contributed by atoms with van der Waals surface area (Å²) in [4.78, 5) is 15.6. The van der Waals surface area contributed by atoms with Crippen LogP contribution in [0.3, 0.4) is 0 Å². The molecule has 6 heteroatoms. The Labute approximate surface area is 189 Å². The van der Waals surface area contributed by atoms with Crippen molar-refractivity contribution in [1.29, 1.82) is 0 Å². The van der Waals surface area contributed by atoms with Gasteiger partial charge >= 0.3 is 0 Å². The zero-order chi connectivity index (χ0) is 22.3. The number of aryl methyl sites for hydroxylation is 2. The van der Waals surface area contributed by atoms with Crippen molar-refractivity contribution in [2.75, 3.05) is 26.2 Å². The molecule has 0 bridgehead atoms. The van der Waals surface area contributed by atoms with Gasteiger partial charge in [-0.1, -0.05) is 42.3 Å². The first-order valence-electron chi connectivity index (χ1n) is 11.7. The van der Waals surface area contributed by atoms with Crippen LogP contribution in [0.2, 0.25) is 0 Å². The van der Waals surface area contributed by atoms with E-state index >= 15 is 0 Å². The average molecular weight is 436 g/mol. The number of fused-ring (bicyclic) bond motifs is 1. The fourth-order valence-electron chi connectivity index (χ4n) is 4.33. The quantitative estimate of drug-likeness (QED) is 0.503. The van der Waals surface area contributed by atoms with Gasteiger partial charge in [0.25, 0.3) is 5.91 Å². The van der Waals surface area contributed by atoms with Crippen LogP contribution in [0.25, 0.3) is 10.8 Å². The number of aromatic nitrogens is 1. The summed E-state index contributed by atoms with van der Waals surface area (Å²) in [6.45, 7) is 8.13. The second-order valence-corrected chi connectivity index (χ2v) is 8.65. The summed E-state index contributed by atoms with van der Waals surface area (Å²) in [6.07, 6.45) is 6.21. The van der Waals surface area contributed by atoms with Crippen molar-refractivity contribution in [2.24, 2.45) is 0 Å². The molecule has 1 aliphatic rings. The molecule has 0 saturated carbocycles. The lowest BCUT2D eigenvalue weighted by Crippen LogP contribution is -2.30. The van der Waals surface area contributed by atoms with Gasteiger partial charge in [0.2, 0.25) is 0 Å². The lowest BCUT2D eigenvalue weighted by molar-refractivity contribution is 0.0947. The number of benzene rings is 2. The first kappa shape index (κ1) is 22.3. The molecular weight excluding hydrogens is 402 g/mol. The van der Waals surface area contributed by atoms with Crippen molar-refractivity contribution >= 4 is 16.7 Å². The third-order valence-corrected chi connectivity index (χ3v) is 6.28. The minimum Gasteiger partial charge on any atom is -0.488 e. The third kappa shape index (κ3) is 5.49. The first-order chi connectivity index (χ1) is 15.6. The van der Waals surface area contributed by atoms with Crippen LogP contribution in [0.1, 0.15) is 59.5 Å². The van der Waals surface area contributed by atoms with E-state index in [0.29, 0.717) is 24.5 Å². The van der Waals surface area contributed by atoms with Crippen molar-refractivity contribution in [3.05, 3.63) is 59.0 Å². The standard InChI is InChI=1S/C26H33N3O3/c1-19-24(20(2)32-28-19)18-31-25-17-22-11-6-5-10-21(22)16-23(25)26(30)27-12-9-15-29-13-7-3-4-8-14-29/h5-6,10-11,16-17H,3-4,7-9,12-15,18H2,1-2H3,(H,27,30). The molecule has 2 heterocycles. The minimum atomic E-state index is -0.0969. The van der Waals surface area contributed by atoms with Crippen LogP contribution in [-0.2, 0) is 6.61 Å². The van der Waals surface area contributed by atoms with E-state index in [1.54, 1.807) is 0 Å². The highest BCUT2D eigenvalue weighted by Crippen LogP contribution is 2.28. The van der Waals surface area contributed by atoms with Gasteiger partial charge in [0.15, 0.2) is 0 Å². The van der Waals surface area contributed by atoms with E-state index in [2.05, 4.69) is 15.4 Å². The molecule has 1 fully saturated rings. The Hall–Kier alpha value is -2.86. The molecule has 6 nitrogen and oxygen atoms in total. The topological polar surface area (TPSA) is 67.6 Å². The number of nitrogens with zero attached hydrogens (tertiary/aromatic N) is 2. The molecule has 1 N–H and O–H groups in total. The number of hydrogen-bond acceptors (Lipinski definition) is 5. The van der Waals surface area contributed by atoms with Gasteiger partial charge in [-0.05, 0) is 75.6 Å². The zero-order valence-electron chi connectivity index (χ0n) is 19.2. The zero-order valence-corrected chi connectivity index (χ0v) is 19.2. The van der Waals surface area contributed by atoms with Gasteiger partial charge in [-0.25, -0.2) is 0 Å². The SMILES string of the molecule is Cc1noc(C)c1COc1cc2ccccc2cc1C(=O)NCCCN1CCCCCC1. The molecule has 0 unspecified atom stereocenters. The summed E-state index contributed by atoms with van der Waals surface area (Å²) in [5.41, 5.74) is 2.29. The van der Waals surface area contributed by atoms with Crippen molar-refractivity contribution in [2.45, 2.75) is 52.6 Å². The number of hydrogen-bond donors (Lipinski definition) is 1. The molecule has 2 aromatic carbocycles. The molecule has 0 atom stereocenters. The number of carbonyl (C=O) groups is 1. The Balaban J connectivity index is 1.43. The highest BCUT2D eigenvalue weighted by Gasteiger charge is 2.17. The predicted molar refractivity (Wildman–Crippen MR) is 126 cm³/mol. The van der Waals surface area contributed by atoms with Crippen molar-refractivity contribution in [3.63, 3.8) is 0 Å². The lowest BCUT2D eigenvalue weighted by atomic mass is 10.1. The maximum Gasteiger partial charge on any atom is 0.255 e. The molecule has 4 rings (SSSR count). The molecule has 1 aromatic heterocycles. The number of likely N-dealkylation sites (tertiary alicyclic amines) is 1. The van der Waals surface area contributed by atoms with E-state index in [-0.39, 0.29) is 5.91 Å². The maximum absolute atomic E-state index is 13.1. The number of ether oxygens (including phenoxy) is 1. The van der Waals surface area contributed by atoms with Crippen LogP contribution in [-0.4, -0.2) is 42.1 Å². The molecule has 0 aliphatic carbocycles. The summed E-state index contributed by atoms with van der Waals surface area (Å²) >= 11 is 0. The van der Waals surface area contributed by atoms with E-state index in [1.165, 1.54) is 38.8 Å². The van der Waals surface area contributed by atoms with Gasteiger partial charge in [-0.15, -0.1) is 0 Å². The molecular formula is C26H33N3O3. The van der Waals surface area contributed by atoms with E-state index in [4.69, 9.17) is 9.26 Å². The normalized spacial score (nSPS) is 14.9. The molecule has 1 aliphatic heterocycles. The van der Waals surface area contributed by atoms with Crippen molar-refractivity contribution in [3.8, 4) is 5.75 Å². The Bertz CT molecular complexity index is 1030. The van der Waals surface area contributed by atoms with E-state index in [0.717, 1.165) is 40.8 Å². The van der Waals surface area contributed by atoms with Gasteiger partial charge in [-0.3, -0.25) is 4.79 Å². The number of carbonyl (C=O) groups excluding carboxylic acids is 1. The summed E-state index contributed by atoms with van der Waals surface area (Å²) in [5, 5.41) is 9.15. The second kappa shape index (κ2) is 10.6. The predicted octanol–water partition coefficient (Wildman–Crippen LogP) is 5.02. The fraction of sp³-hybridized carbons (Fsp3) is 0.462. The van der Waals surface area contributed by atoms with Crippen LogP contribution in [0.15, 0.2) is 40.9 Å². The van der Waals surface area contributed by atoms with Crippen molar-refractivity contribution in [1.82, 2.24) is 15.4 Å². The monoisotopic (exact) mass is 435 g/mol.